The quantitative estimate of drug-likeness (QED) is 0.274. The minimum Gasteiger partial charge on any atom is -0.293 e. The van der Waals surface area contributed by atoms with Crippen LogP contribution < -0.4 is 0 Å². The number of hydrogen-bond donors (Lipinski definition) is 0. The van der Waals surface area contributed by atoms with Crippen LogP contribution in [0.1, 0.15) is 22.8 Å². The molecule has 0 unspecified atom stereocenters. The van der Waals surface area contributed by atoms with E-state index in [9.17, 15) is 13.6 Å². The average molecular weight is 435 g/mol. The first-order valence-corrected chi connectivity index (χ1v) is 10.8. The van der Waals surface area contributed by atoms with Gasteiger partial charge in [0.1, 0.15) is 11.6 Å². The molecule has 1 heterocycles. The zero-order valence-electron chi connectivity index (χ0n) is 16.8. The summed E-state index contributed by atoms with van der Waals surface area (Å²) in [5.41, 5.74) is 2.61. The molecule has 4 aromatic rings. The molecule has 0 fully saturated rings. The van der Waals surface area contributed by atoms with Crippen LogP contribution in [-0.2, 0) is 6.42 Å². The van der Waals surface area contributed by atoms with E-state index in [-0.39, 0.29) is 17.2 Å². The summed E-state index contributed by atoms with van der Waals surface area (Å²) in [5.74, 6) is -0.950. The number of carbonyl (C=O) groups excluding carboxylic acids is 1. The van der Waals surface area contributed by atoms with E-state index in [1.54, 1.807) is 0 Å². The third-order valence-corrected chi connectivity index (χ3v) is 5.76. The molecular formula is C24H19F2N3OS. The van der Waals surface area contributed by atoms with Crippen LogP contribution in [0.5, 0.6) is 0 Å². The Balaban J connectivity index is 1.67. The first kappa shape index (κ1) is 20.9. The van der Waals surface area contributed by atoms with Crippen molar-refractivity contribution in [2.24, 2.45) is 0 Å². The van der Waals surface area contributed by atoms with Gasteiger partial charge in [0.25, 0.3) is 0 Å². The normalized spacial score (nSPS) is 10.9. The summed E-state index contributed by atoms with van der Waals surface area (Å²) in [6.45, 7) is 2.05. The Hall–Kier alpha value is -3.32. The molecule has 0 N–H and O–H groups in total. The van der Waals surface area contributed by atoms with Gasteiger partial charge in [0.2, 0.25) is 0 Å². The van der Waals surface area contributed by atoms with Gasteiger partial charge in [-0.3, -0.25) is 9.36 Å². The van der Waals surface area contributed by atoms with Gasteiger partial charge in [0, 0.05) is 17.2 Å². The number of thioether (sulfide) groups is 1. The molecule has 4 rings (SSSR count). The van der Waals surface area contributed by atoms with Crippen molar-refractivity contribution in [1.82, 2.24) is 14.8 Å². The second-order valence-electron chi connectivity index (χ2n) is 6.87. The van der Waals surface area contributed by atoms with Crippen molar-refractivity contribution in [2.45, 2.75) is 18.5 Å². The smallest absolute Gasteiger partial charge is 0.196 e. The Kier molecular flexibility index (Phi) is 6.23. The van der Waals surface area contributed by atoms with Gasteiger partial charge in [0.15, 0.2) is 16.8 Å². The van der Waals surface area contributed by atoms with E-state index >= 15 is 0 Å². The summed E-state index contributed by atoms with van der Waals surface area (Å²) in [6, 6.07) is 20.0. The summed E-state index contributed by atoms with van der Waals surface area (Å²) in [6.07, 6.45) is 0.901. The van der Waals surface area contributed by atoms with Crippen molar-refractivity contribution in [1.29, 1.82) is 0 Å². The number of nitrogens with zero attached hydrogens (tertiary/aromatic N) is 3. The Bertz CT molecular complexity index is 1210. The zero-order chi connectivity index (χ0) is 21.8. The number of Topliss-reactive ketones (excluding diaryl/α,β-unsaturated/α-hetero) is 1. The highest BCUT2D eigenvalue weighted by Gasteiger charge is 2.20. The number of hydrogen-bond acceptors (Lipinski definition) is 4. The van der Waals surface area contributed by atoms with Crippen molar-refractivity contribution in [2.75, 3.05) is 5.75 Å². The molecule has 1 aromatic heterocycles. The molecule has 0 saturated heterocycles. The van der Waals surface area contributed by atoms with E-state index in [1.807, 2.05) is 54.6 Å². The van der Waals surface area contributed by atoms with Gasteiger partial charge in [-0.15, -0.1) is 10.2 Å². The van der Waals surface area contributed by atoms with Crippen LogP contribution in [0.2, 0.25) is 0 Å². The predicted octanol–water partition coefficient (Wildman–Crippen LogP) is 5.75. The Morgan fingerprint density at radius 2 is 1.71 bits per heavy atom. The molecule has 0 aliphatic heterocycles. The van der Waals surface area contributed by atoms with Crippen LogP contribution in [0.4, 0.5) is 8.78 Å². The molecule has 0 amide bonds. The zero-order valence-corrected chi connectivity index (χ0v) is 17.6. The first-order valence-electron chi connectivity index (χ1n) is 9.78. The van der Waals surface area contributed by atoms with Gasteiger partial charge < -0.3 is 0 Å². The molecule has 4 nitrogen and oxygen atoms in total. The average Bonchev–Trinajstić information content (AvgIpc) is 3.22. The lowest BCUT2D eigenvalue weighted by molar-refractivity contribution is 0.102. The maximum Gasteiger partial charge on any atom is 0.196 e. The fourth-order valence-electron chi connectivity index (χ4n) is 3.16. The molecule has 3 aromatic carbocycles. The number of benzene rings is 3. The Labute approximate surface area is 183 Å². The van der Waals surface area contributed by atoms with Crippen LogP contribution in [0, 0.1) is 11.6 Å². The van der Waals surface area contributed by atoms with Gasteiger partial charge >= 0.3 is 0 Å². The van der Waals surface area contributed by atoms with Gasteiger partial charge in [-0.2, -0.15) is 0 Å². The lowest BCUT2D eigenvalue weighted by Crippen LogP contribution is -2.06. The minimum absolute atomic E-state index is 0.0666. The van der Waals surface area contributed by atoms with Crippen LogP contribution >= 0.6 is 11.8 Å². The van der Waals surface area contributed by atoms with Gasteiger partial charge in [-0.25, -0.2) is 8.78 Å². The summed E-state index contributed by atoms with van der Waals surface area (Å²) >= 11 is 1.16. The van der Waals surface area contributed by atoms with Crippen molar-refractivity contribution in [3.8, 4) is 17.1 Å². The Morgan fingerprint density at radius 3 is 2.39 bits per heavy atom. The molecule has 156 valence electrons. The summed E-state index contributed by atoms with van der Waals surface area (Å²) < 4.78 is 29.6. The molecule has 31 heavy (non-hydrogen) atoms. The third-order valence-electron chi connectivity index (χ3n) is 4.83. The fourth-order valence-corrected chi connectivity index (χ4v) is 4.00. The molecular weight excluding hydrogens is 416 g/mol. The van der Waals surface area contributed by atoms with Crippen molar-refractivity contribution in [3.63, 3.8) is 0 Å². The third kappa shape index (κ3) is 4.56. The number of ketones is 1. The second kappa shape index (κ2) is 9.22. The van der Waals surface area contributed by atoms with E-state index in [4.69, 9.17) is 0 Å². The fraction of sp³-hybridized carbons (Fsp3) is 0.125. The van der Waals surface area contributed by atoms with Crippen LogP contribution in [0.25, 0.3) is 17.1 Å². The molecule has 0 radical (unpaired) electrons. The molecule has 0 aliphatic rings. The lowest BCUT2D eigenvalue weighted by atomic mass is 10.1. The second-order valence-corrected chi connectivity index (χ2v) is 7.81. The number of aryl methyl sites for hydroxylation is 1. The maximum absolute atomic E-state index is 14.6. The number of carbonyl (C=O) groups is 1. The van der Waals surface area contributed by atoms with Gasteiger partial charge in [0.05, 0.1) is 11.4 Å². The highest BCUT2D eigenvalue weighted by Crippen LogP contribution is 2.29. The van der Waals surface area contributed by atoms with Crippen molar-refractivity contribution in [3.05, 3.63) is 95.6 Å². The van der Waals surface area contributed by atoms with E-state index < -0.39 is 11.6 Å². The predicted molar refractivity (Wildman–Crippen MR) is 118 cm³/mol. The number of rotatable bonds is 7. The van der Waals surface area contributed by atoms with Crippen LogP contribution in [0.3, 0.4) is 0 Å². The molecule has 0 spiro atoms. The van der Waals surface area contributed by atoms with Crippen molar-refractivity contribution >= 4 is 17.5 Å². The number of aromatic nitrogens is 3. The Morgan fingerprint density at radius 1 is 0.968 bits per heavy atom. The molecule has 7 heteroatoms. The molecule has 0 atom stereocenters. The maximum atomic E-state index is 14.6. The highest BCUT2D eigenvalue weighted by molar-refractivity contribution is 7.99. The largest absolute Gasteiger partial charge is 0.293 e. The lowest BCUT2D eigenvalue weighted by Gasteiger charge is -2.11. The summed E-state index contributed by atoms with van der Waals surface area (Å²) in [5, 5.41) is 8.76. The summed E-state index contributed by atoms with van der Waals surface area (Å²) in [4.78, 5) is 12.7. The molecule has 0 bridgehead atoms. The van der Waals surface area contributed by atoms with Gasteiger partial charge in [-0.1, -0.05) is 73.3 Å². The van der Waals surface area contributed by atoms with E-state index in [2.05, 4.69) is 17.1 Å². The first-order chi connectivity index (χ1) is 15.1. The van der Waals surface area contributed by atoms with Crippen LogP contribution in [-0.4, -0.2) is 26.3 Å². The monoisotopic (exact) mass is 435 g/mol. The van der Waals surface area contributed by atoms with E-state index in [0.717, 1.165) is 35.4 Å². The summed E-state index contributed by atoms with van der Waals surface area (Å²) in [7, 11) is 0. The standard InChI is InChI=1S/C24H19F2N3OS/c1-2-16-8-10-17(11-9-16)22(30)15-31-24-28-27-23(18-6-4-3-5-7-18)29(24)21-13-12-19(25)14-20(21)26/h3-14H,2,15H2,1H3. The van der Waals surface area contributed by atoms with Crippen molar-refractivity contribution < 1.29 is 13.6 Å². The van der Waals surface area contributed by atoms with E-state index in [1.165, 1.54) is 16.7 Å². The topological polar surface area (TPSA) is 47.8 Å². The van der Waals surface area contributed by atoms with Gasteiger partial charge in [-0.05, 0) is 24.1 Å². The molecule has 0 saturated carbocycles. The van der Waals surface area contributed by atoms with E-state index in [0.29, 0.717) is 16.5 Å². The number of halogens is 2. The minimum atomic E-state index is -0.736. The SMILES string of the molecule is CCc1ccc(C(=O)CSc2nnc(-c3ccccc3)n2-c2ccc(F)cc2F)cc1. The highest BCUT2D eigenvalue weighted by atomic mass is 32.2. The van der Waals surface area contributed by atoms with Crippen LogP contribution in [0.15, 0.2) is 78.0 Å². The molecule has 0 aliphatic carbocycles.